The van der Waals surface area contributed by atoms with Crippen LogP contribution in [0.15, 0.2) is 0 Å². The molecule has 0 bridgehead atoms. The zero-order valence-corrected chi connectivity index (χ0v) is 7.20. The van der Waals surface area contributed by atoms with Crippen molar-refractivity contribution >= 4 is 40.1 Å². The minimum atomic E-state index is -0.0941. The van der Waals surface area contributed by atoms with Crippen LogP contribution in [0.1, 0.15) is 0 Å². The second-order valence-corrected chi connectivity index (χ2v) is 2.52. The molecule has 2 nitrogen and oxygen atoms in total. The Morgan fingerprint density at radius 1 is 1.75 bits per heavy atom. The van der Waals surface area contributed by atoms with Crippen LogP contribution in [-0.4, -0.2) is 22.8 Å². The molecule has 0 rings (SSSR count). The minimum absolute atomic E-state index is 0.0661. The van der Waals surface area contributed by atoms with E-state index in [1.807, 2.05) is 0 Å². The van der Waals surface area contributed by atoms with E-state index >= 15 is 0 Å². The maximum atomic E-state index is 10.3. The molecule has 0 heterocycles. The number of hydrogen-bond acceptors (Lipinski definition) is 1. The SMILES string of the molecule is O=C(CCl)NCCI. The van der Waals surface area contributed by atoms with Crippen molar-refractivity contribution in [2.24, 2.45) is 0 Å². The van der Waals surface area contributed by atoms with Gasteiger partial charge in [0, 0.05) is 11.0 Å². The summed E-state index contributed by atoms with van der Waals surface area (Å²) in [5, 5.41) is 2.60. The van der Waals surface area contributed by atoms with Crippen LogP contribution in [0.2, 0.25) is 0 Å². The van der Waals surface area contributed by atoms with Gasteiger partial charge < -0.3 is 5.32 Å². The Hall–Kier alpha value is 0.490. The lowest BCUT2D eigenvalue weighted by Gasteiger charge is -1.95. The van der Waals surface area contributed by atoms with Crippen molar-refractivity contribution in [1.82, 2.24) is 5.32 Å². The average Bonchev–Trinajstić information content (AvgIpc) is 1.83. The topological polar surface area (TPSA) is 29.1 Å². The van der Waals surface area contributed by atoms with Crippen LogP contribution in [0.4, 0.5) is 0 Å². The zero-order valence-electron chi connectivity index (χ0n) is 4.29. The molecule has 8 heavy (non-hydrogen) atoms. The van der Waals surface area contributed by atoms with Crippen molar-refractivity contribution in [2.45, 2.75) is 0 Å². The molecule has 48 valence electrons. The van der Waals surface area contributed by atoms with E-state index in [0.717, 1.165) is 4.43 Å². The molecule has 0 radical (unpaired) electrons. The molecule has 0 saturated carbocycles. The van der Waals surface area contributed by atoms with Crippen LogP contribution in [0, 0.1) is 0 Å². The lowest BCUT2D eigenvalue weighted by molar-refractivity contribution is -0.118. The number of alkyl halides is 2. The first kappa shape index (κ1) is 8.49. The average molecular weight is 247 g/mol. The maximum Gasteiger partial charge on any atom is 0.234 e. The smallest absolute Gasteiger partial charge is 0.234 e. The molecule has 0 aliphatic rings. The summed E-state index contributed by atoms with van der Waals surface area (Å²) in [5.74, 6) is -0.0280. The molecule has 0 fully saturated rings. The van der Waals surface area contributed by atoms with Gasteiger partial charge in [0.05, 0.1) is 0 Å². The van der Waals surface area contributed by atoms with Crippen molar-refractivity contribution in [3.05, 3.63) is 0 Å². The highest BCUT2D eigenvalue weighted by Crippen LogP contribution is 1.77. The van der Waals surface area contributed by atoms with Gasteiger partial charge >= 0.3 is 0 Å². The molecule has 0 unspecified atom stereocenters. The van der Waals surface area contributed by atoms with Gasteiger partial charge in [0.15, 0.2) is 0 Å². The molecule has 0 aromatic rings. The highest BCUT2D eigenvalue weighted by atomic mass is 127. The molecule has 1 amide bonds. The number of nitrogens with one attached hydrogen (secondary N) is 1. The molecule has 1 N–H and O–H groups in total. The highest BCUT2D eigenvalue weighted by molar-refractivity contribution is 14.1. The van der Waals surface area contributed by atoms with Gasteiger partial charge in [-0.25, -0.2) is 0 Å². The van der Waals surface area contributed by atoms with E-state index < -0.39 is 0 Å². The Morgan fingerprint density at radius 2 is 2.38 bits per heavy atom. The van der Waals surface area contributed by atoms with Crippen LogP contribution < -0.4 is 5.32 Å². The molecule has 0 aromatic heterocycles. The van der Waals surface area contributed by atoms with E-state index in [4.69, 9.17) is 11.6 Å². The molecule has 0 saturated heterocycles. The fraction of sp³-hybridized carbons (Fsp3) is 0.750. The van der Waals surface area contributed by atoms with Crippen molar-refractivity contribution < 1.29 is 4.79 Å². The molecule has 0 atom stereocenters. The molecular formula is C4H7ClINO. The van der Waals surface area contributed by atoms with Gasteiger partial charge in [-0.2, -0.15) is 0 Å². The number of amides is 1. The largest absolute Gasteiger partial charge is 0.354 e. The van der Waals surface area contributed by atoms with E-state index in [1.165, 1.54) is 0 Å². The Kier molecular flexibility index (Phi) is 5.97. The monoisotopic (exact) mass is 247 g/mol. The second-order valence-electron chi connectivity index (χ2n) is 1.17. The zero-order chi connectivity index (χ0) is 6.41. The Bertz CT molecular complexity index is 78.4. The van der Waals surface area contributed by atoms with E-state index in [2.05, 4.69) is 27.9 Å². The van der Waals surface area contributed by atoms with Crippen LogP contribution in [-0.2, 0) is 4.79 Å². The third kappa shape index (κ3) is 4.64. The van der Waals surface area contributed by atoms with Crippen LogP contribution in [0.25, 0.3) is 0 Å². The molecule has 4 heteroatoms. The fourth-order valence-electron chi connectivity index (χ4n) is 0.234. The molecule has 0 spiro atoms. The van der Waals surface area contributed by atoms with Crippen LogP contribution >= 0.6 is 34.2 Å². The van der Waals surface area contributed by atoms with E-state index in [9.17, 15) is 4.79 Å². The molecule has 0 aliphatic carbocycles. The number of carbonyl (C=O) groups excluding carboxylic acids is 1. The van der Waals surface area contributed by atoms with E-state index in [1.54, 1.807) is 0 Å². The highest BCUT2D eigenvalue weighted by Gasteiger charge is 1.92. The Labute approximate surface area is 67.1 Å². The number of halogens is 2. The molecule has 0 aliphatic heterocycles. The second kappa shape index (κ2) is 5.62. The van der Waals surface area contributed by atoms with Gasteiger partial charge in [0.25, 0.3) is 0 Å². The van der Waals surface area contributed by atoms with Crippen molar-refractivity contribution in [1.29, 1.82) is 0 Å². The first-order valence-corrected chi connectivity index (χ1v) is 4.26. The summed E-state index contributed by atoms with van der Waals surface area (Å²) in [4.78, 5) is 10.3. The van der Waals surface area contributed by atoms with Crippen molar-refractivity contribution in [3.8, 4) is 0 Å². The standard InChI is InChI=1S/C4H7ClINO/c5-3-4(8)7-2-1-6/h1-3H2,(H,7,8). The Morgan fingerprint density at radius 3 is 2.75 bits per heavy atom. The van der Waals surface area contributed by atoms with Crippen molar-refractivity contribution in [3.63, 3.8) is 0 Å². The maximum absolute atomic E-state index is 10.3. The summed E-state index contributed by atoms with van der Waals surface area (Å²) >= 11 is 7.35. The van der Waals surface area contributed by atoms with Gasteiger partial charge in [-0.05, 0) is 0 Å². The third-order valence-corrected chi connectivity index (χ3v) is 1.32. The quantitative estimate of drug-likeness (QED) is 0.579. The molecule has 0 aromatic carbocycles. The van der Waals surface area contributed by atoms with Gasteiger partial charge in [0.1, 0.15) is 5.88 Å². The summed E-state index contributed by atoms with van der Waals surface area (Å²) in [6, 6.07) is 0. The number of carbonyl (C=O) groups is 1. The number of rotatable bonds is 3. The lowest BCUT2D eigenvalue weighted by atomic mass is 10.6. The summed E-state index contributed by atoms with van der Waals surface area (Å²) in [7, 11) is 0. The third-order valence-electron chi connectivity index (χ3n) is 0.538. The van der Waals surface area contributed by atoms with Gasteiger partial charge in [-0.1, -0.05) is 22.6 Å². The van der Waals surface area contributed by atoms with Crippen molar-refractivity contribution in [2.75, 3.05) is 16.9 Å². The van der Waals surface area contributed by atoms with Gasteiger partial charge in [0.2, 0.25) is 5.91 Å². The first-order chi connectivity index (χ1) is 3.81. The van der Waals surface area contributed by atoms with E-state index in [0.29, 0.717) is 6.54 Å². The predicted octanol–water partition coefficient (Wildman–Crippen LogP) is 0.776. The van der Waals surface area contributed by atoms with Gasteiger partial charge in [-0.15, -0.1) is 11.6 Å². The predicted molar refractivity (Wildman–Crippen MR) is 42.6 cm³/mol. The Balaban J connectivity index is 2.99. The van der Waals surface area contributed by atoms with E-state index in [-0.39, 0.29) is 11.8 Å². The lowest BCUT2D eigenvalue weighted by Crippen LogP contribution is -2.25. The minimum Gasteiger partial charge on any atom is -0.354 e. The summed E-state index contributed by atoms with van der Waals surface area (Å²) in [6.07, 6.45) is 0. The summed E-state index contributed by atoms with van der Waals surface area (Å²) in [5.41, 5.74) is 0. The molecular weight excluding hydrogens is 240 g/mol. The first-order valence-electron chi connectivity index (χ1n) is 2.20. The van der Waals surface area contributed by atoms with Crippen LogP contribution in [0.5, 0.6) is 0 Å². The normalized spacial score (nSPS) is 8.75. The fourth-order valence-corrected chi connectivity index (χ4v) is 0.598. The number of hydrogen-bond donors (Lipinski definition) is 1. The summed E-state index contributed by atoms with van der Waals surface area (Å²) in [6.45, 7) is 0.714. The van der Waals surface area contributed by atoms with Gasteiger partial charge in [-0.3, -0.25) is 4.79 Å². The summed E-state index contributed by atoms with van der Waals surface area (Å²) < 4.78 is 0.931. The van der Waals surface area contributed by atoms with Crippen LogP contribution in [0.3, 0.4) is 0 Å².